The van der Waals surface area contributed by atoms with Crippen LogP contribution in [0.5, 0.6) is 0 Å². The van der Waals surface area contributed by atoms with E-state index < -0.39 is 11.3 Å². The van der Waals surface area contributed by atoms with Gasteiger partial charge < -0.3 is 10.5 Å². The molecule has 0 aliphatic carbocycles. The van der Waals surface area contributed by atoms with E-state index in [0.29, 0.717) is 18.0 Å². The number of carbonyl (C=O) groups is 1. The molecule has 1 saturated heterocycles. The zero-order chi connectivity index (χ0) is 16.4. The minimum atomic E-state index is -0.700. The van der Waals surface area contributed by atoms with Gasteiger partial charge in [-0.1, -0.05) is 23.7 Å². The summed E-state index contributed by atoms with van der Waals surface area (Å²) in [5.41, 5.74) is 6.44. The summed E-state index contributed by atoms with van der Waals surface area (Å²) in [7, 11) is 0. The largest absolute Gasteiger partial charge is 0.444 e. The van der Waals surface area contributed by atoms with Crippen molar-refractivity contribution in [1.29, 1.82) is 0 Å². The molecule has 0 radical (unpaired) electrons. The highest BCUT2D eigenvalue weighted by Gasteiger charge is 2.40. The average Bonchev–Trinajstić information content (AvgIpc) is 2.39. The summed E-state index contributed by atoms with van der Waals surface area (Å²) >= 11 is 5.93. The molecule has 0 bridgehead atoms. The number of nitrogens with two attached hydrogens (primary N) is 1. The van der Waals surface area contributed by atoms with Gasteiger partial charge in [0.15, 0.2) is 0 Å². The Balaban J connectivity index is 2.16. The summed E-state index contributed by atoms with van der Waals surface area (Å²) in [5, 5.41) is 0.697. The fraction of sp³-hybridized carbons (Fsp3) is 0.588. The van der Waals surface area contributed by atoms with Gasteiger partial charge in [-0.2, -0.15) is 0 Å². The van der Waals surface area contributed by atoms with E-state index in [2.05, 4.69) is 0 Å². The van der Waals surface area contributed by atoms with Crippen LogP contribution in [0.3, 0.4) is 0 Å². The highest BCUT2D eigenvalue weighted by molar-refractivity contribution is 6.30. The van der Waals surface area contributed by atoms with Crippen LogP contribution in [-0.2, 0) is 11.2 Å². The van der Waals surface area contributed by atoms with Crippen LogP contribution < -0.4 is 5.73 Å². The Morgan fingerprint density at radius 2 is 1.95 bits per heavy atom. The molecule has 2 rings (SSSR count). The molecule has 1 aliphatic heterocycles. The molecule has 1 amide bonds. The van der Waals surface area contributed by atoms with E-state index in [9.17, 15) is 4.79 Å². The third-order valence-corrected chi connectivity index (χ3v) is 4.07. The van der Waals surface area contributed by atoms with Crippen molar-refractivity contribution in [2.75, 3.05) is 6.54 Å². The predicted octanol–water partition coefficient (Wildman–Crippen LogP) is 3.96. The molecule has 1 atom stereocenters. The molecule has 1 fully saturated rings. The van der Waals surface area contributed by atoms with Crippen molar-refractivity contribution >= 4 is 17.7 Å². The van der Waals surface area contributed by atoms with Crippen LogP contribution in [0.4, 0.5) is 4.79 Å². The Morgan fingerprint density at radius 1 is 1.32 bits per heavy atom. The number of hydrogen-bond donors (Lipinski definition) is 1. The number of piperidine rings is 1. The van der Waals surface area contributed by atoms with Crippen LogP contribution in [-0.4, -0.2) is 28.8 Å². The molecular formula is C17H25ClN2O2. The molecule has 0 spiro atoms. The SMILES string of the molecule is CC(C)(C)OC(=O)N1CCCCC1(N)Cc1ccc(Cl)cc1. The van der Waals surface area contributed by atoms with Gasteiger partial charge in [0.25, 0.3) is 0 Å². The molecule has 2 N–H and O–H groups in total. The number of ether oxygens (including phenoxy) is 1. The summed E-state index contributed by atoms with van der Waals surface area (Å²) < 4.78 is 5.52. The molecule has 22 heavy (non-hydrogen) atoms. The fourth-order valence-corrected chi connectivity index (χ4v) is 2.91. The number of benzene rings is 1. The van der Waals surface area contributed by atoms with Crippen molar-refractivity contribution in [1.82, 2.24) is 4.90 Å². The van der Waals surface area contributed by atoms with Gasteiger partial charge in [0.1, 0.15) is 5.60 Å². The first-order chi connectivity index (χ1) is 10.2. The monoisotopic (exact) mass is 324 g/mol. The molecule has 1 aromatic rings. The molecule has 122 valence electrons. The Kier molecular flexibility index (Phi) is 5.03. The smallest absolute Gasteiger partial charge is 0.411 e. The first kappa shape index (κ1) is 17.1. The van der Waals surface area contributed by atoms with Crippen LogP contribution in [0, 0.1) is 0 Å². The second kappa shape index (κ2) is 6.47. The maximum atomic E-state index is 12.5. The lowest BCUT2D eigenvalue weighted by atomic mass is 9.90. The van der Waals surface area contributed by atoms with Crippen LogP contribution in [0.15, 0.2) is 24.3 Å². The minimum absolute atomic E-state index is 0.330. The van der Waals surface area contributed by atoms with Gasteiger partial charge >= 0.3 is 6.09 Å². The van der Waals surface area contributed by atoms with E-state index in [0.717, 1.165) is 24.8 Å². The quantitative estimate of drug-likeness (QED) is 0.895. The van der Waals surface area contributed by atoms with E-state index in [4.69, 9.17) is 22.1 Å². The van der Waals surface area contributed by atoms with Crippen molar-refractivity contribution in [2.24, 2.45) is 5.73 Å². The summed E-state index contributed by atoms with van der Waals surface area (Å²) in [5.74, 6) is 0. The first-order valence-corrected chi connectivity index (χ1v) is 8.11. The molecule has 0 aromatic heterocycles. The third-order valence-electron chi connectivity index (χ3n) is 3.82. The Hall–Kier alpha value is -1.26. The number of hydrogen-bond acceptors (Lipinski definition) is 3. The number of carbonyl (C=O) groups excluding carboxylic acids is 1. The van der Waals surface area contributed by atoms with E-state index in [1.54, 1.807) is 4.90 Å². The molecular weight excluding hydrogens is 300 g/mol. The highest BCUT2D eigenvalue weighted by Crippen LogP contribution is 2.29. The number of rotatable bonds is 2. The zero-order valence-corrected chi connectivity index (χ0v) is 14.3. The summed E-state index contributed by atoms with van der Waals surface area (Å²) in [4.78, 5) is 14.2. The first-order valence-electron chi connectivity index (χ1n) is 7.74. The van der Waals surface area contributed by atoms with Gasteiger partial charge in [-0.15, -0.1) is 0 Å². The van der Waals surface area contributed by atoms with E-state index in [1.165, 1.54) is 0 Å². The van der Waals surface area contributed by atoms with E-state index in [1.807, 2.05) is 45.0 Å². The standard InChI is InChI=1S/C17H25ClN2O2/c1-16(2,3)22-15(21)20-11-5-4-10-17(20,19)12-13-6-8-14(18)9-7-13/h6-9H,4-5,10-12,19H2,1-3H3. The molecule has 0 saturated carbocycles. The Bertz CT molecular complexity index is 524. The van der Waals surface area contributed by atoms with E-state index >= 15 is 0 Å². The second-order valence-corrected chi connectivity index (χ2v) is 7.43. The molecule has 1 aromatic carbocycles. The lowest BCUT2D eigenvalue weighted by Crippen LogP contribution is -2.62. The predicted molar refractivity (Wildman–Crippen MR) is 88.9 cm³/mol. The maximum Gasteiger partial charge on any atom is 0.411 e. The summed E-state index contributed by atoms with van der Waals surface area (Å²) in [6.07, 6.45) is 3.02. The fourth-order valence-electron chi connectivity index (χ4n) is 2.79. The van der Waals surface area contributed by atoms with Crippen LogP contribution in [0.2, 0.25) is 5.02 Å². The number of halogens is 1. The average molecular weight is 325 g/mol. The minimum Gasteiger partial charge on any atom is -0.444 e. The Labute approximate surface area is 137 Å². The second-order valence-electron chi connectivity index (χ2n) is 7.00. The van der Waals surface area contributed by atoms with Crippen molar-refractivity contribution in [3.8, 4) is 0 Å². The Morgan fingerprint density at radius 3 is 2.55 bits per heavy atom. The zero-order valence-electron chi connectivity index (χ0n) is 13.6. The molecule has 1 heterocycles. The van der Waals surface area contributed by atoms with Crippen LogP contribution in [0.1, 0.15) is 45.6 Å². The van der Waals surface area contributed by atoms with Crippen molar-refractivity contribution in [3.05, 3.63) is 34.9 Å². The van der Waals surface area contributed by atoms with Crippen LogP contribution in [0.25, 0.3) is 0 Å². The van der Waals surface area contributed by atoms with Gasteiger partial charge in [-0.25, -0.2) is 4.79 Å². The van der Waals surface area contributed by atoms with Crippen molar-refractivity contribution < 1.29 is 9.53 Å². The summed E-state index contributed by atoms with van der Waals surface area (Å²) in [6, 6.07) is 7.61. The molecule has 4 nitrogen and oxygen atoms in total. The van der Waals surface area contributed by atoms with Gasteiger partial charge in [-0.3, -0.25) is 4.90 Å². The number of nitrogens with zero attached hydrogens (tertiary/aromatic N) is 1. The third kappa shape index (κ3) is 4.37. The lowest BCUT2D eigenvalue weighted by Gasteiger charge is -2.44. The van der Waals surface area contributed by atoms with Gasteiger partial charge in [0, 0.05) is 18.0 Å². The van der Waals surface area contributed by atoms with Gasteiger partial charge in [0.2, 0.25) is 0 Å². The normalized spacial score (nSPS) is 22.5. The van der Waals surface area contributed by atoms with E-state index in [-0.39, 0.29) is 6.09 Å². The van der Waals surface area contributed by atoms with Crippen molar-refractivity contribution in [3.63, 3.8) is 0 Å². The van der Waals surface area contributed by atoms with Crippen LogP contribution >= 0.6 is 11.6 Å². The van der Waals surface area contributed by atoms with Crippen molar-refractivity contribution in [2.45, 2.75) is 57.7 Å². The molecule has 1 aliphatic rings. The number of likely N-dealkylation sites (tertiary alicyclic amines) is 1. The lowest BCUT2D eigenvalue weighted by molar-refractivity contribution is -0.0143. The summed E-state index contributed by atoms with van der Waals surface area (Å²) in [6.45, 7) is 6.24. The molecule has 1 unspecified atom stereocenters. The van der Waals surface area contributed by atoms with Gasteiger partial charge in [0.05, 0.1) is 5.66 Å². The highest BCUT2D eigenvalue weighted by atomic mass is 35.5. The molecule has 5 heteroatoms. The van der Waals surface area contributed by atoms with Gasteiger partial charge in [-0.05, 0) is 57.7 Å². The maximum absolute atomic E-state index is 12.5. The number of amides is 1. The topological polar surface area (TPSA) is 55.6 Å².